The molecule has 5 nitrogen and oxygen atoms in total. The van der Waals surface area contributed by atoms with E-state index in [1.54, 1.807) is 6.07 Å². The Kier molecular flexibility index (Phi) is 5.38. The summed E-state index contributed by atoms with van der Waals surface area (Å²) < 4.78 is 10.5. The fourth-order valence-corrected chi connectivity index (χ4v) is 1.98. The molecule has 0 saturated heterocycles. The summed E-state index contributed by atoms with van der Waals surface area (Å²) in [6, 6.07) is 15.1. The minimum Gasteiger partial charge on any atom is -0.489 e. The van der Waals surface area contributed by atoms with Gasteiger partial charge in [-0.1, -0.05) is 35.9 Å². The van der Waals surface area contributed by atoms with Crippen molar-refractivity contribution in [1.29, 1.82) is 0 Å². The topological polar surface area (TPSA) is 48.0 Å². The number of carbonyl (C=O) groups is 1. The Bertz CT molecular complexity index is 625. The Hall–Kier alpha value is -2.53. The number of carbonyl (C=O) groups excluding carboxylic acids is 1. The van der Waals surface area contributed by atoms with Crippen molar-refractivity contribution in [2.45, 2.75) is 13.5 Å². The molecule has 22 heavy (non-hydrogen) atoms. The van der Waals surface area contributed by atoms with Crippen molar-refractivity contribution in [2.75, 3.05) is 19.3 Å². The lowest BCUT2D eigenvalue weighted by Crippen LogP contribution is -2.30. The van der Waals surface area contributed by atoms with Crippen LogP contribution in [0.25, 0.3) is 0 Å². The average molecular weight is 301 g/mol. The highest BCUT2D eigenvalue weighted by molar-refractivity contribution is 5.86. The van der Waals surface area contributed by atoms with E-state index < -0.39 is 6.09 Å². The van der Waals surface area contributed by atoms with Gasteiger partial charge in [-0.25, -0.2) is 4.79 Å². The zero-order valence-electron chi connectivity index (χ0n) is 12.9. The van der Waals surface area contributed by atoms with Crippen molar-refractivity contribution in [3.63, 3.8) is 0 Å². The highest BCUT2D eigenvalue weighted by Gasteiger charge is 2.19. The second-order valence-electron chi connectivity index (χ2n) is 4.68. The molecule has 5 heteroatoms. The summed E-state index contributed by atoms with van der Waals surface area (Å²) in [4.78, 5) is 16.8. The number of benzene rings is 2. The zero-order chi connectivity index (χ0) is 15.9. The molecule has 2 aromatic carbocycles. The van der Waals surface area contributed by atoms with Gasteiger partial charge in [-0.2, -0.15) is 5.06 Å². The SMILES string of the molecule is COC(=O)N(OC)c1ccccc1COc1ccc(C)cc1. The Morgan fingerprint density at radius 3 is 2.36 bits per heavy atom. The summed E-state index contributed by atoms with van der Waals surface area (Å²) in [5, 5.41) is 1.09. The molecular formula is C17H19NO4. The van der Waals surface area contributed by atoms with Gasteiger partial charge in [-0.3, -0.25) is 4.84 Å². The first-order chi connectivity index (χ1) is 10.7. The molecule has 0 unspecified atom stereocenters. The lowest BCUT2D eigenvalue weighted by Gasteiger charge is -2.21. The summed E-state index contributed by atoms with van der Waals surface area (Å²) >= 11 is 0. The highest BCUT2D eigenvalue weighted by atomic mass is 16.7. The van der Waals surface area contributed by atoms with Crippen molar-refractivity contribution >= 4 is 11.8 Å². The number of hydrogen-bond acceptors (Lipinski definition) is 4. The van der Waals surface area contributed by atoms with Gasteiger partial charge in [0.15, 0.2) is 0 Å². The Morgan fingerprint density at radius 1 is 1.05 bits per heavy atom. The first kappa shape index (κ1) is 15.9. The van der Waals surface area contributed by atoms with Crippen molar-refractivity contribution < 1.29 is 19.1 Å². The van der Waals surface area contributed by atoms with Crippen LogP contribution in [0.5, 0.6) is 5.75 Å². The van der Waals surface area contributed by atoms with Crippen LogP contribution in [0.3, 0.4) is 0 Å². The third kappa shape index (κ3) is 3.77. The number of hydroxylamine groups is 1. The molecule has 0 saturated carbocycles. The smallest absolute Gasteiger partial charge is 0.438 e. The van der Waals surface area contributed by atoms with Crippen LogP contribution in [0, 0.1) is 6.92 Å². The summed E-state index contributed by atoms with van der Waals surface area (Å²) in [6.45, 7) is 2.34. The van der Waals surface area contributed by atoms with Crippen LogP contribution >= 0.6 is 0 Å². The normalized spacial score (nSPS) is 10.1. The molecule has 0 N–H and O–H groups in total. The maximum Gasteiger partial charge on any atom is 0.438 e. The van der Waals surface area contributed by atoms with Crippen LogP contribution in [0.4, 0.5) is 10.5 Å². The summed E-state index contributed by atoms with van der Waals surface area (Å²) in [6.07, 6.45) is -0.592. The predicted octanol–water partition coefficient (Wildman–Crippen LogP) is 3.71. The molecule has 0 radical (unpaired) electrons. The number of hydrogen-bond donors (Lipinski definition) is 0. The first-order valence-electron chi connectivity index (χ1n) is 6.85. The fraction of sp³-hybridized carbons (Fsp3) is 0.235. The van der Waals surface area contributed by atoms with Crippen molar-refractivity contribution in [3.8, 4) is 5.75 Å². The number of rotatable bonds is 5. The van der Waals surface area contributed by atoms with E-state index in [1.807, 2.05) is 49.4 Å². The second-order valence-corrected chi connectivity index (χ2v) is 4.68. The lowest BCUT2D eigenvalue weighted by atomic mass is 10.2. The summed E-state index contributed by atoms with van der Waals surface area (Å²) in [5.74, 6) is 0.766. The maximum absolute atomic E-state index is 11.7. The van der Waals surface area contributed by atoms with Crippen LogP contribution < -0.4 is 9.80 Å². The Labute approximate surface area is 130 Å². The first-order valence-corrected chi connectivity index (χ1v) is 6.85. The van der Waals surface area contributed by atoms with Gasteiger partial charge in [-0.05, 0) is 25.1 Å². The lowest BCUT2D eigenvalue weighted by molar-refractivity contribution is 0.115. The Morgan fingerprint density at radius 2 is 1.73 bits per heavy atom. The summed E-state index contributed by atoms with van der Waals surface area (Å²) in [7, 11) is 2.72. The molecule has 0 aliphatic heterocycles. The molecule has 0 aliphatic rings. The van der Waals surface area contributed by atoms with Crippen LogP contribution in [-0.4, -0.2) is 20.3 Å². The number of amides is 1. The molecule has 2 rings (SSSR count). The largest absolute Gasteiger partial charge is 0.489 e. The molecular weight excluding hydrogens is 282 g/mol. The van der Waals surface area contributed by atoms with Crippen molar-refractivity contribution in [3.05, 3.63) is 59.7 Å². The molecule has 0 heterocycles. The van der Waals surface area contributed by atoms with E-state index in [2.05, 4.69) is 0 Å². The molecule has 0 spiro atoms. The van der Waals surface area contributed by atoms with Gasteiger partial charge in [0.25, 0.3) is 0 Å². The second kappa shape index (κ2) is 7.47. The van der Waals surface area contributed by atoms with Crippen LogP contribution in [0.1, 0.15) is 11.1 Å². The average Bonchev–Trinajstić information content (AvgIpc) is 2.56. The molecule has 0 bridgehead atoms. The van der Waals surface area contributed by atoms with Gasteiger partial charge in [0.1, 0.15) is 12.4 Å². The minimum atomic E-state index is -0.592. The molecule has 116 valence electrons. The number of anilines is 1. The number of aryl methyl sites for hydroxylation is 1. The molecule has 0 aliphatic carbocycles. The summed E-state index contributed by atoms with van der Waals surface area (Å²) in [5.41, 5.74) is 2.57. The molecule has 0 fully saturated rings. The predicted molar refractivity (Wildman–Crippen MR) is 83.8 cm³/mol. The number of methoxy groups -OCH3 is 1. The highest BCUT2D eigenvalue weighted by Crippen LogP contribution is 2.23. The van der Waals surface area contributed by atoms with Gasteiger partial charge >= 0.3 is 6.09 Å². The van der Waals surface area contributed by atoms with Gasteiger partial charge in [-0.15, -0.1) is 0 Å². The van der Waals surface area contributed by atoms with E-state index in [9.17, 15) is 4.79 Å². The van der Waals surface area contributed by atoms with Crippen LogP contribution in [0.15, 0.2) is 48.5 Å². The molecule has 0 atom stereocenters. The number of nitrogens with zero attached hydrogens (tertiary/aromatic N) is 1. The van der Waals surface area contributed by atoms with Crippen LogP contribution in [-0.2, 0) is 16.2 Å². The maximum atomic E-state index is 11.7. The monoisotopic (exact) mass is 301 g/mol. The fourth-order valence-electron chi connectivity index (χ4n) is 1.98. The van der Waals surface area contributed by atoms with Crippen molar-refractivity contribution in [1.82, 2.24) is 0 Å². The number of para-hydroxylation sites is 1. The minimum absolute atomic E-state index is 0.316. The standard InChI is InChI=1S/C17H19NO4/c1-13-8-10-15(11-9-13)22-12-14-6-4-5-7-16(14)18(21-3)17(19)20-2/h4-11H,12H2,1-3H3. The quantitative estimate of drug-likeness (QED) is 0.790. The van der Waals surface area contributed by atoms with E-state index in [4.69, 9.17) is 14.3 Å². The van der Waals surface area contributed by atoms with Gasteiger partial charge in [0, 0.05) is 5.56 Å². The number of ether oxygens (including phenoxy) is 2. The van der Waals surface area contributed by atoms with E-state index in [-0.39, 0.29) is 0 Å². The van der Waals surface area contributed by atoms with Crippen LogP contribution in [0.2, 0.25) is 0 Å². The third-order valence-corrected chi connectivity index (χ3v) is 3.15. The molecule has 0 aromatic heterocycles. The zero-order valence-corrected chi connectivity index (χ0v) is 12.9. The van der Waals surface area contributed by atoms with E-state index >= 15 is 0 Å². The van der Waals surface area contributed by atoms with E-state index in [0.29, 0.717) is 12.3 Å². The van der Waals surface area contributed by atoms with Crippen molar-refractivity contribution in [2.24, 2.45) is 0 Å². The van der Waals surface area contributed by atoms with Gasteiger partial charge < -0.3 is 9.47 Å². The Balaban J connectivity index is 2.17. The van der Waals surface area contributed by atoms with E-state index in [1.165, 1.54) is 19.8 Å². The van der Waals surface area contributed by atoms with Gasteiger partial charge in [0.05, 0.1) is 19.9 Å². The molecule has 2 aromatic rings. The third-order valence-electron chi connectivity index (χ3n) is 3.15. The molecule has 1 amide bonds. The van der Waals surface area contributed by atoms with E-state index in [0.717, 1.165) is 16.4 Å². The van der Waals surface area contributed by atoms with Gasteiger partial charge in [0.2, 0.25) is 0 Å².